The summed E-state index contributed by atoms with van der Waals surface area (Å²) < 4.78 is 10.5. The second-order valence-corrected chi connectivity index (χ2v) is 7.40. The second-order valence-electron chi connectivity index (χ2n) is 6.96. The average Bonchev–Trinajstić information content (AvgIpc) is 3.10. The predicted octanol–water partition coefficient (Wildman–Crippen LogP) is 2.75. The third-order valence-corrected chi connectivity index (χ3v) is 4.83. The summed E-state index contributed by atoms with van der Waals surface area (Å²) in [6, 6.07) is 7.36. The molecule has 0 radical (unpaired) electrons. The van der Waals surface area contributed by atoms with Crippen molar-refractivity contribution in [2.45, 2.75) is 32.4 Å². The molecule has 3 rings (SSSR count). The first kappa shape index (κ1) is 19.8. The van der Waals surface area contributed by atoms with Gasteiger partial charge in [0.2, 0.25) is 17.6 Å². The molecular formula is C19H25ClN4O3. The Morgan fingerprint density at radius 1 is 1.52 bits per heavy atom. The second kappa shape index (κ2) is 9.30. The van der Waals surface area contributed by atoms with Gasteiger partial charge in [0.25, 0.3) is 0 Å². The van der Waals surface area contributed by atoms with Crippen LogP contribution < -0.4 is 5.32 Å². The van der Waals surface area contributed by atoms with Crippen LogP contribution in [-0.4, -0.2) is 53.8 Å². The van der Waals surface area contributed by atoms with E-state index in [0.29, 0.717) is 36.4 Å². The summed E-state index contributed by atoms with van der Waals surface area (Å²) in [5.74, 6) is 1.11. The van der Waals surface area contributed by atoms with E-state index < -0.39 is 0 Å². The van der Waals surface area contributed by atoms with Gasteiger partial charge in [0.05, 0.1) is 19.1 Å². The molecule has 1 aromatic heterocycles. The number of carbonyl (C=O) groups is 1. The highest BCUT2D eigenvalue weighted by molar-refractivity contribution is 6.30. The van der Waals surface area contributed by atoms with Gasteiger partial charge in [0, 0.05) is 30.3 Å². The number of ether oxygens (including phenoxy) is 1. The quantitative estimate of drug-likeness (QED) is 0.780. The fourth-order valence-electron chi connectivity index (χ4n) is 3.32. The largest absolute Gasteiger partial charge is 0.383 e. The zero-order valence-corrected chi connectivity index (χ0v) is 16.4. The van der Waals surface area contributed by atoms with Gasteiger partial charge in [-0.25, -0.2) is 0 Å². The third-order valence-electron chi connectivity index (χ3n) is 4.59. The molecule has 0 aliphatic carbocycles. The molecule has 146 valence electrons. The Balaban J connectivity index is 1.57. The molecule has 1 fully saturated rings. The summed E-state index contributed by atoms with van der Waals surface area (Å²) in [5, 5.41) is 7.68. The molecule has 0 spiro atoms. The first-order valence-electron chi connectivity index (χ1n) is 9.15. The molecular weight excluding hydrogens is 368 g/mol. The van der Waals surface area contributed by atoms with Crippen LogP contribution in [0.25, 0.3) is 11.4 Å². The number of piperidine rings is 1. The minimum atomic E-state index is -0.0339. The number of amides is 1. The predicted molar refractivity (Wildman–Crippen MR) is 102 cm³/mol. The molecule has 1 aliphatic rings. The molecule has 7 nitrogen and oxygen atoms in total. The van der Waals surface area contributed by atoms with Crippen molar-refractivity contribution in [3.8, 4) is 11.4 Å². The lowest BCUT2D eigenvalue weighted by molar-refractivity contribution is -0.127. The van der Waals surface area contributed by atoms with Crippen LogP contribution in [0.2, 0.25) is 5.02 Å². The maximum absolute atomic E-state index is 12.4. The molecule has 27 heavy (non-hydrogen) atoms. The van der Waals surface area contributed by atoms with Gasteiger partial charge < -0.3 is 14.6 Å². The average molecular weight is 393 g/mol. The van der Waals surface area contributed by atoms with Crippen molar-refractivity contribution in [1.82, 2.24) is 20.4 Å². The minimum absolute atomic E-state index is 0.00840. The van der Waals surface area contributed by atoms with Crippen LogP contribution in [0, 0.1) is 5.92 Å². The van der Waals surface area contributed by atoms with E-state index in [-0.39, 0.29) is 17.9 Å². The van der Waals surface area contributed by atoms with Gasteiger partial charge in [0.15, 0.2) is 0 Å². The number of hydrogen-bond acceptors (Lipinski definition) is 6. The summed E-state index contributed by atoms with van der Waals surface area (Å²) >= 11 is 6.02. The topological polar surface area (TPSA) is 80.5 Å². The van der Waals surface area contributed by atoms with Gasteiger partial charge in [-0.2, -0.15) is 4.98 Å². The van der Waals surface area contributed by atoms with Crippen molar-refractivity contribution in [3.63, 3.8) is 0 Å². The molecule has 2 heterocycles. The van der Waals surface area contributed by atoms with Crippen molar-refractivity contribution < 1.29 is 14.1 Å². The van der Waals surface area contributed by atoms with Gasteiger partial charge in [-0.3, -0.25) is 9.69 Å². The van der Waals surface area contributed by atoms with Crippen LogP contribution in [0.1, 0.15) is 25.7 Å². The Hall–Kier alpha value is -1.96. The summed E-state index contributed by atoms with van der Waals surface area (Å²) in [7, 11) is 1.63. The minimum Gasteiger partial charge on any atom is -0.383 e. The lowest BCUT2D eigenvalue weighted by Gasteiger charge is -2.31. The Labute approximate surface area is 164 Å². The van der Waals surface area contributed by atoms with Crippen molar-refractivity contribution in [3.05, 3.63) is 35.2 Å². The number of halogens is 1. The Morgan fingerprint density at radius 2 is 2.37 bits per heavy atom. The molecule has 1 aliphatic heterocycles. The molecule has 0 bridgehead atoms. The number of nitrogens with zero attached hydrogens (tertiary/aromatic N) is 3. The summed E-state index contributed by atoms with van der Waals surface area (Å²) in [5.41, 5.74) is 0.820. The highest BCUT2D eigenvalue weighted by Crippen LogP contribution is 2.22. The van der Waals surface area contributed by atoms with Crippen LogP contribution in [0.3, 0.4) is 0 Å². The SMILES string of the molecule is COCC(C)NC(=O)C1CCCN(Cc2nc(-c3cccc(Cl)c3)no2)C1. The molecule has 1 saturated heterocycles. The fourth-order valence-corrected chi connectivity index (χ4v) is 3.51. The molecule has 2 aromatic rings. The lowest BCUT2D eigenvalue weighted by Crippen LogP contribution is -2.46. The van der Waals surface area contributed by atoms with E-state index in [2.05, 4.69) is 20.4 Å². The number of nitrogens with one attached hydrogen (secondary N) is 1. The van der Waals surface area contributed by atoms with Gasteiger partial charge in [-0.1, -0.05) is 28.9 Å². The van der Waals surface area contributed by atoms with Crippen molar-refractivity contribution >= 4 is 17.5 Å². The summed E-state index contributed by atoms with van der Waals surface area (Å²) in [6.07, 6.45) is 1.85. The van der Waals surface area contributed by atoms with Crippen LogP contribution in [0.5, 0.6) is 0 Å². The molecule has 1 aromatic carbocycles. The molecule has 2 unspecified atom stereocenters. The Morgan fingerprint density at radius 3 is 3.15 bits per heavy atom. The molecule has 1 amide bonds. The normalized spacial score (nSPS) is 19.0. The van der Waals surface area contributed by atoms with E-state index in [1.165, 1.54) is 0 Å². The number of rotatable bonds is 7. The first-order valence-corrected chi connectivity index (χ1v) is 9.53. The standard InChI is InChI=1S/C19H25ClN4O3/c1-13(12-26-2)21-19(25)15-6-4-8-24(10-15)11-17-22-18(23-27-17)14-5-3-7-16(20)9-14/h3,5,7,9,13,15H,4,6,8,10-12H2,1-2H3,(H,21,25). The Kier molecular flexibility index (Phi) is 6.82. The highest BCUT2D eigenvalue weighted by atomic mass is 35.5. The number of benzene rings is 1. The third kappa shape index (κ3) is 5.51. The summed E-state index contributed by atoms with van der Waals surface area (Å²) in [6.45, 7) is 4.58. The van der Waals surface area contributed by atoms with E-state index in [4.69, 9.17) is 20.9 Å². The maximum atomic E-state index is 12.4. The molecule has 0 saturated carbocycles. The number of aromatic nitrogens is 2. The molecule has 8 heteroatoms. The number of likely N-dealkylation sites (tertiary alicyclic amines) is 1. The van der Waals surface area contributed by atoms with Crippen molar-refractivity contribution in [2.24, 2.45) is 5.92 Å². The number of hydrogen-bond donors (Lipinski definition) is 1. The van der Waals surface area contributed by atoms with Crippen LogP contribution in [0.4, 0.5) is 0 Å². The van der Waals surface area contributed by atoms with E-state index in [9.17, 15) is 4.79 Å². The van der Waals surface area contributed by atoms with Crippen molar-refractivity contribution in [1.29, 1.82) is 0 Å². The zero-order valence-electron chi connectivity index (χ0n) is 15.7. The number of methoxy groups -OCH3 is 1. The van der Waals surface area contributed by atoms with E-state index in [1.54, 1.807) is 19.2 Å². The van der Waals surface area contributed by atoms with Gasteiger partial charge in [0.1, 0.15) is 0 Å². The molecule has 1 N–H and O–H groups in total. The maximum Gasteiger partial charge on any atom is 0.241 e. The van der Waals surface area contributed by atoms with Crippen LogP contribution in [0.15, 0.2) is 28.8 Å². The monoisotopic (exact) mass is 392 g/mol. The van der Waals surface area contributed by atoms with Gasteiger partial charge in [-0.05, 0) is 38.4 Å². The van der Waals surface area contributed by atoms with Gasteiger partial charge >= 0.3 is 0 Å². The lowest BCUT2D eigenvalue weighted by atomic mass is 9.97. The van der Waals surface area contributed by atoms with Crippen LogP contribution >= 0.6 is 11.6 Å². The van der Waals surface area contributed by atoms with E-state index in [0.717, 1.165) is 24.9 Å². The highest BCUT2D eigenvalue weighted by Gasteiger charge is 2.27. The Bertz CT molecular complexity index is 767. The van der Waals surface area contributed by atoms with E-state index in [1.807, 2.05) is 19.1 Å². The number of carbonyl (C=O) groups excluding carboxylic acids is 1. The fraction of sp³-hybridized carbons (Fsp3) is 0.526. The summed E-state index contributed by atoms with van der Waals surface area (Å²) in [4.78, 5) is 19.1. The zero-order chi connectivity index (χ0) is 19.2. The van der Waals surface area contributed by atoms with Crippen LogP contribution in [-0.2, 0) is 16.1 Å². The van der Waals surface area contributed by atoms with Gasteiger partial charge in [-0.15, -0.1) is 0 Å². The van der Waals surface area contributed by atoms with Crippen molar-refractivity contribution in [2.75, 3.05) is 26.8 Å². The van der Waals surface area contributed by atoms with E-state index >= 15 is 0 Å². The first-order chi connectivity index (χ1) is 13.0. The smallest absolute Gasteiger partial charge is 0.241 e. The molecule has 2 atom stereocenters.